The largest absolute Gasteiger partial charge is 0.357 e. The number of halogens is 1. The zero-order valence-electron chi connectivity index (χ0n) is 13.6. The van der Waals surface area contributed by atoms with Gasteiger partial charge in [0.25, 0.3) is 0 Å². The normalized spacial score (nSPS) is 17.9. The Labute approximate surface area is 142 Å². The fourth-order valence-corrected chi connectivity index (χ4v) is 2.98. The third-order valence-corrected chi connectivity index (χ3v) is 4.22. The van der Waals surface area contributed by atoms with Crippen molar-refractivity contribution in [1.82, 2.24) is 25.3 Å². The Morgan fingerprint density at radius 2 is 2.16 bits per heavy atom. The molecule has 9 heteroatoms. The average Bonchev–Trinajstić information content (AvgIpc) is 3.07. The molecule has 1 atom stereocenters. The van der Waals surface area contributed by atoms with E-state index in [0.717, 1.165) is 12.0 Å². The molecule has 1 saturated heterocycles. The molecule has 1 aliphatic rings. The molecule has 25 heavy (non-hydrogen) atoms. The van der Waals surface area contributed by atoms with Gasteiger partial charge in [0.05, 0.1) is 5.69 Å². The lowest BCUT2D eigenvalue weighted by molar-refractivity contribution is -0.120. The summed E-state index contributed by atoms with van der Waals surface area (Å²) in [5, 5.41) is 18.4. The van der Waals surface area contributed by atoms with Crippen LogP contribution in [0.4, 0.5) is 15.9 Å². The van der Waals surface area contributed by atoms with Gasteiger partial charge in [-0.1, -0.05) is 6.07 Å². The molecule has 0 spiro atoms. The van der Waals surface area contributed by atoms with Gasteiger partial charge in [0, 0.05) is 6.54 Å². The predicted molar refractivity (Wildman–Crippen MR) is 88.7 cm³/mol. The van der Waals surface area contributed by atoms with Crippen LogP contribution < -0.4 is 10.2 Å². The molecule has 1 fully saturated rings. The number of piperidine rings is 1. The molecule has 0 bridgehead atoms. The number of benzene rings is 1. The van der Waals surface area contributed by atoms with Gasteiger partial charge in [-0.15, -0.1) is 14.8 Å². The molecule has 1 amide bonds. The topological polar surface area (TPSA) is 88.3 Å². The van der Waals surface area contributed by atoms with E-state index >= 15 is 0 Å². The summed E-state index contributed by atoms with van der Waals surface area (Å²) in [5.41, 5.74) is 1.74. The Morgan fingerprint density at radius 3 is 3.04 bits per heavy atom. The number of aromatic nitrogens is 5. The Hall–Kier alpha value is -3.10. The molecule has 1 N–H and O–H groups in total. The van der Waals surface area contributed by atoms with E-state index < -0.39 is 11.9 Å². The summed E-state index contributed by atoms with van der Waals surface area (Å²) >= 11 is 0. The van der Waals surface area contributed by atoms with Crippen molar-refractivity contribution in [2.24, 2.45) is 0 Å². The van der Waals surface area contributed by atoms with E-state index in [1.807, 2.05) is 6.92 Å². The van der Waals surface area contributed by atoms with E-state index in [9.17, 15) is 9.18 Å². The van der Waals surface area contributed by atoms with Crippen LogP contribution in [0.25, 0.3) is 5.65 Å². The first-order valence-corrected chi connectivity index (χ1v) is 8.01. The molecular formula is C16H16FN7O. The fraction of sp³-hybridized carbons (Fsp3) is 0.312. The molecule has 128 valence electrons. The second-order valence-electron chi connectivity index (χ2n) is 6.03. The zero-order chi connectivity index (χ0) is 17.4. The van der Waals surface area contributed by atoms with E-state index in [0.29, 0.717) is 30.1 Å². The van der Waals surface area contributed by atoms with Crippen molar-refractivity contribution in [1.29, 1.82) is 0 Å². The molecule has 0 saturated carbocycles. The maximum absolute atomic E-state index is 14.2. The first kappa shape index (κ1) is 15.4. The number of amides is 1. The monoisotopic (exact) mass is 341 g/mol. The minimum atomic E-state index is -0.477. The maximum atomic E-state index is 14.2. The molecule has 0 radical (unpaired) electrons. The highest BCUT2D eigenvalue weighted by Gasteiger charge is 2.31. The molecular weight excluding hydrogens is 325 g/mol. The van der Waals surface area contributed by atoms with E-state index in [2.05, 4.69) is 25.9 Å². The minimum Gasteiger partial charge on any atom is -0.357 e. The Bertz CT molecular complexity index is 941. The first-order chi connectivity index (χ1) is 12.1. The molecule has 0 aliphatic carbocycles. The third kappa shape index (κ3) is 2.88. The number of hydrogen-bond acceptors (Lipinski definition) is 6. The van der Waals surface area contributed by atoms with Crippen molar-refractivity contribution in [2.75, 3.05) is 16.8 Å². The van der Waals surface area contributed by atoms with Crippen molar-refractivity contribution in [2.45, 2.75) is 25.8 Å². The lowest BCUT2D eigenvalue weighted by Crippen LogP contribution is -2.48. The van der Waals surface area contributed by atoms with Gasteiger partial charge in [0.1, 0.15) is 17.7 Å². The van der Waals surface area contributed by atoms with Crippen molar-refractivity contribution in [3.63, 3.8) is 0 Å². The number of fused-ring (bicyclic) bond motifs is 1. The maximum Gasteiger partial charge on any atom is 0.249 e. The lowest BCUT2D eigenvalue weighted by Gasteiger charge is -2.33. The summed E-state index contributed by atoms with van der Waals surface area (Å²) in [7, 11) is 0. The summed E-state index contributed by atoms with van der Waals surface area (Å²) in [6.45, 7) is 2.37. The Morgan fingerprint density at radius 1 is 1.28 bits per heavy atom. The molecule has 1 aromatic carbocycles. The Balaban J connectivity index is 1.58. The van der Waals surface area contributed by atoms with E-state index in [1.165, 1.54) is 15.6 Å². The number of nitrogens with one attached hydrogen (secondary N) is 1. The van der Waals surface area contributed by atoms with Crippen molar-refractivity contribution in [3.05, 3.63) is 41.7 Å². The van der Waals surface area contributed by atoms with E-state index in [4.69, 9.17) is 0 Å². The number of carbonyl (C=O) groups excluding carboxylic acids is 1. The molecule has 3 aromatic rings. The van der Waals surface area contributed by atoms with Crippen LogP contribution in [0.3, 0.4) is 0 Å². The summed E-state index contributed by atoms with van der Waals surface area (Å²) in [6.07, 6.45) is 1.42. The van der Waals surface area contributed by atoms with E-state index in [1.54, 1.807) is 24.3 Å². The third-order valence-electron chi connectivity index (χ3n) is 4.22. The molecule has 4 rings (SSSR count). The van der Waals surface area contributed by atoms with Gasteiger partial charge >= 0.3 is 0 Å². The van der Waals surface area contributed by atoms with Crippen LogP contribution in [0.15, 0.2) is 30.3 Å². The summed E-state index contributed by atoms with van der Waals surface area (Å²) in [5.74, 6) is -0.0769. The van der Waals surface area contributed by atoms with Crippen LogP contribution in [0.2, 0.25) is 0 Å². The smallest absolute Gasteiger partial charge is 0.249 e. The Kier molecular flexibility index (Phi) is 3.75. The van der Waals surface area contributed by atoms with Gasteiger partial charge in [0.2, 0.25) is 5.91 Å². The number of aryl methyl sites for hydroxylation is 1. The number of rotatable bonds is 3. The summed E-state index contributed by atoms with van der Waals surface area (Å²) in [6, 6.07) is 7.72. The van der Waals surface area contributed by atoms with Crippen LogP contribution >= 0.6 is 0 Å². The molecule has 0 unspecified atom stereocenters. The highest BCUT2D eigenvalue weighted by molar-refractivity contribution is 5.99. The van der Waals surface area contributed by atoms with E-state index in [-0.39, 0.29) is 5.91 Å². The quantitative estimate of drug-likeness (QED) is 0.778. The number of carbonyl (C=O) groups is 1. The van der Waals surface area contributed by atoms with Gasteiger partial charge in [-0.05, 0) is 60.0 Å². The molecule has 1 aliphatic heterocycles. The van der Waals surface area contributed by atoms with Gasteiger partial charge in [-0.25, -0.2) is 4.39 Å². The molecule has 3 heterocycles. The number of tetrazole rings is 1. The number of hydrogen-bond donors (Lipinski definition) is 1. The summed E-state index contributed by atoms with van der Waals surface area (Å²) < 4.78 is 15.5. The van der Waals surface area contributed by atoms with Crippen molar-refractivity contribution >= 4 is 23.1 Å². The number of nitrogens with zero attached hydrogens (tertiary/aromatic N) is 6. The van der Waals surface area contributed by atoms with Gasteiger partial charge in [-0.3, -0.25) is 4.79 Å². The highest BCUT2D eigenvalue weighted by Crippen LogP contribution is 2.26. The van der Waals surface area contributed by atoms with Crippen molar-refractivity contribution < 1.29 is 9.18 Å². The minimum absolute atomic E-state index is 0.172. The second kappa shape index (κ2) is 6.08. The van der Waals surface area contributed by atoms with Crippen molar-refractivity contribution in [3.8, 4) is 0 Å². The SMILES string of the molecule is Cc1ccc(F)c(N2CCC[C@@H](Nc3ccc4nnnn4n3)C2=O)c1. The fourth-order valence-electron chi connectivity index (χ4n) is 2.98. The second-order valence-corrected chi connectivity index (χ2v) is 6.03. The predicted octanol–water partition coefficient (Wildman–Crippen LogP) is 1.57. The lowest BCUT2D eigenvalue weighted by atomic mass is 10.0. The van der Waals surface area contributed by atoms with Crippen LogP contribution in [-0.2, 0) is 4.79 Å². The standard InChI is InChI=1S/C16H16FN7O/c1-10-4-5-11(17)13(9-10)23-8-2-3-12(16(23)25)18-14-6-7-15-19-21-22-24(15)20-14/h4-7,9,12H,2-3,8H2,1H3,(H,18,20)/t12-/m1/s1. The van der Waals surface area contributed by atoms with Crippen LogP contribution in [0.1, 0.15) is 18.4 Å². The van der Waals surface area contributed by atoms with Crippen LogP contribution in [0.5, 0.6) is 0 Å². The average molecular weight is 341 g/mol. The number of anilines is 2. The first-order valence-electron chi connectivity index (χ1n) is 8.01. The summed E-state index contributed by atoms with van der Waals surface area (Å²) in [4.78, 5) is 14.3. The zero-order valence-corrected chi connectivity index (χ0v) is 13.6. The van der Waals surface area contributed by atoms with Crippen LogP contribution in [-0.4, -0.2) is 43.7 Å². The van der Waals surface area contributed by atoms with Crippen LogP contribution in [0, 0.1) is 12.7 Å². The van der Waals surface area contributed by atoms with Gasteiger partial charge < -0.3 is 10.2 Å². The van der Waals surface area contributed by atoms with Gasteiger partial charge in [-0.2, -0.15) is 0 Å². The highest BCUT2D eigenvalue weighted by atomic mass is 19.1. The molecule has 2 aromatic heterocycles. The van der Waals surface area contributed by atoms with Gasteiger partial charge in [0.15, 0.2) is 5.65 Å². The molecule has 8 nitrogen and oxygen atoms in total.